The summed E-state index contributed by atoms with van der Waals surface area (Å²) >= 11 is 0. The molecule has 1 amide bonds. The van der Waals surface area contributed by atoms with Crippen LogP contribution >= 0.6 is 0 Å². The van der Waals surface area contributed by atoms with Crippen LogP contribution in [0.2, 0.25) is 0 Å². The minimum absolute atomic E-state index is 0.00478. The number of rotatable bonds is 6. The number of amides is 1. The van der Waals surface area contributed by atoms with E-state index < -0.39 is 30.0 Å². The molecule has 0 unspecified atom stereocenters. The van der Waals surface area contributed by atoms with Gasteiger partial charge in [0.05, 0.1) is 18.0 Å². The quantitative estimate of drug-likeness (QED) is 0.484. The second-order valence-corrected chi connectivity index (χ2v) is 7.78. The molecular weight excluding hydrogens is 418 g/mol. The molecular formula is C21H23N5O6. The van der Waals surface area contributed by atoms with Crippen molar-refractivity contribution in [1.82, 2.24) is 19.5 Å². The fourth-order valence-electron chi connectivity index (χ4n) is 3.31. The third-order valence-corrected chi connectivity index (χ3v) is 5.10. The predicted octanol–water partition coefficient (Wildman–Crippen LogP) is 1.22. The average Bonchev–Trinajstić information content (AvgIpc) is 3.36. The first-order valence-electron chi connectivity index (χ1n) is 10.2. The summed E-state index contributed by atoms with van der Waals surface area (Å²) < 4.78 is 12.7. The van der Waals surface area contributed by atoms with Crippen LogP contribution in [0.15, 0.2) is 41.5 Å². The van der Waals surface area contributed by atoms with Crippen molar-refractivity contribution >= 4 is 29.0 Å². The van der Waals surface area contributed by atoms with Crippen LogP contribution in [-0.4, -0.2) is 55.3 Å². The van der Waals surface area contributed by atoms with Gasteiger partial charge in [-0.1, -0.05) is 32.0 Å². The molecule has 11 nitrogen and oxygen atoms in total. The summed E-state index contributed by atoms with van der Waals surface area (Å²) in [6.45, 7) is 3.30. The van der Waals surface area contributed by atoms with E-state index in [4.69, 9.17) is 9.47 Å². The maximum atomic E-state index is 12.3. The van der Waals surface area contributed by atoms with E-state index in [1.54, 1.807) is 44.2 Å². The molecule has 3 aromatic rings. The highest BCUT2D eigenvalue weighted by Crippen LogP contribution is 2.30. The van der Waals surface area contributed by atoms with E-state index >= 15 is 0 Å². The van der Waals surface area contributed by atoms with E-state index in [0.717, 1.165) is 0 Å². The molecule has 11 heteroatoms. The number of nitrogens with zero attached hydrogens (tertiary/aromatic N) is 3. The second-order valence-electron chi connectivity index (χ2n) is 7.78. The minimum Gasteiger partial charge on any atom is -0.459 e. The largest absolute Gasteiger partial charge is 0.459 e. The minimum atomic E-state index is -0.900. The van der Waals surface area contributed by atoms with Crippen molar-refractivity contribution in [2.75, 3.05) is 11.9 Å². The fourth-order valence-corrected chi connectivity index (χ4v) is 3.31. The Bertz CT molecular complexity index is 1190. The predicted molar refractivity (Wildman–Crippen MR) is 113 cm³/mol. The van der Waals surface area contributed by atoms with Crippen molar-refractivity contribution in [2.45, 2.75) is 38.7 Å². The highest BCUT2D eigenvalue weighted by Gasteiger charge is 2.37. The van der Waals surface area contributed by atoms with Gasteiger partial charge in [-0.25, -0.2) is 9.78 Å². The van der Waals surface area contributed by atoms with Gasteiger partial charge in [0.25, 0.3) is 5.56 Å². The summed E-state index contributed by atoms with van der Waals surface area (Å²) in [5.74, 6) is -1.12. The Morgan fingerprint density at radius 2 is 2.09 bits per heavy atom. The first-order chi connectivity index (χ1) is 15.3. The molecule has 3 heterocycles. The zero-order valence-corrected chi connectivity index (χ0v) is 17.5. The van der Waals surface area contributed by atoms with Crippen molar-refractivity contribution < 1.29 is 24.2 Å². The third kappa shape index (κ3) is 4.39. The normalized spacial score (nSPS) is 20.6. The summed E-state index contributed by atoms with van der Waals surface area (Å²) in [5, 5.41) is 13.0. The van der Waals surface area contributed by atoms with Gasteiger partial charge >= 0.3 is 5.97 Å². The monoisotopic (exact) mass is 441 g/mol. The number of hydrogen-bond donors (Lipinski definition) is 3. The first-order valence-corrected chi connectivity index (χ1v) is 10.2. The molecule has 3 atom stereocenters. The molecule has 1 aliphatic rings. The maximum absolute atomic E-state index is 12.3. The molecule has 0 radical (unpaired) electrons. The van der Waals surface area contributed by atoms with Crippen LogP contribution in [0, 0.1) is 5.92 Å². The highest BCUT2D eigenvalue weighted by molar-refractivity contribution is 5.91. The number of hydrogen-bond acceptors (Lipinski definition) is 8. The van der Waals surface area contributed by atoms with E-state index in [2.05, 4.69) is 20.3 Å². The molecule has 0 saturated carbocycles. The average molecular weight is 441 g/mol. The molecule has 0 aliphatic carbocycles. The highest BCUT2D eigenvalue weighted by atomic mass is 16.6. The molecule has 3 N–H and O–H groups in total. The number of carbonyl (C=O) groups is 2. The SMILES string of the molecule is CC(C)C(=O)Nc1nc2c(ncn2[C@H]2C[C@H](O)[C@@H](COC(=O)c3ccccc3)O2)c(=O)[nH]1. The van der Waals surface area contributed by atoms with E-state index in [1.165, 1.54) is 10.9 Å². The van der Waals surface area contributed by atoms with Gasteiger partial charge in [0.1, 0.15) is 18.9 Å². The number of anilines is 1. The van der Waals surface area contributed by atoms with E-state index in [0.29, 0.717) is 5.56 Å². The lowest BCUT2D eigenvalue weighted by atomic mass is 10.2. The van der Waals surface area contributed by atoms with Gasteiger partial charge in [-0.3, -0.25) is 24.5 Å². The lowest BCUT2D eigenvalue weighted by Crippen LogP contribution is -2.28. The number of benzene rings is 1. The second kappa shape index (κ2) is 8.89. The van der Waals surface area contributed by atoms with Gasteiger partial charge in [0, 0.05) is 12.3 Å². The van der Waals surface area contributed by atoms with Gasteiger partial charge < -0.3 is 14.6 Å². The third-order valence-electron chi connectivity index (χ3n) is 5.10. The van der Waals surface area contributed by atoms with Crippen molar-refractivity contribution in [3.8, 4) is 0 Å². The molecule has 32 heavy (non-hydrogen) atoms. The maximum Gasteiger partial charge on any atom is 0.338 e. The number of aromatic amines is 1. The van der Waals surface area contributed by atoms with Crippen molar-refractivity contribution in [3.05, 3.63) is 52.6 Å². The Labute approximate surface area is 182 Å². The summed E-state index contributed by atoms with van der Waals surface area (Å²) in [6, 6.07) is 8.51. The number of imidazole rings is 1. The Kier molecular flexibility index (Phi) is 6.01. The Balaban J connectivity index is 1.49. The number of esters is 1. The molecule has 4 rings (SSSR count). The van der Waals surface area contributed by atoms with Crippen LogP contribution < -0.4 is 10.9 Å². The number of fused-ring (bicyclic) bond motifs is 1. The molecule has 1 aromatic carbocycles. The van der Waals surface area contributed by atoms with Crippen molar-refractivity contribution in [1.29, 1.82) is 0 Å². The topological polar surface area (TPSA) is 148 Å². The zero-order chi connectivity index (χ0) is 22.8. The zero-order valence-electron chi connectivity index (χ0n) is 17.5. The number of ether oxygens (including phenoxy) is 2. The Morgan fingerprint density at radius 3 is 2.81 bits per heavy atom. The summed E-state index contributed by atoms with van der Waals surface area (Å²) in [6.07, 6.45) is -0.772. The van der Waals surface area contributed by atoms with Gasteiger partial charge in [-0.2, -0.15) is 4.98 Å². The van der Waals surface area contributed by atoms with E-state index in [1.807, 2.05) is 0 Å². The van der Waals surface area contributed by atoms with Crippen LogP contribution in [0.5, 0.6) is 0 Å². The number of aliphatic hydroxyl groups excluding tert-OH is 1. The van der Waals surface area contributed by atoms with Crippen LogP contribution in [0.25, 0.3) is 11.2 Å². The van der Waals surface area contributed by atoms with E-state index in [9.17, 15) is 19.5 Å². The number of aliphatic hydroxyl groups is 1. The standard InChI is InChI=1S/C21H23N5O6/c1-11(2)18(28)24-21-23-17-16(19(29)25-21)22-10-26(17)15-8-13(27)14(32-15)9-31-20(30)12-6-4-3-5-7-12/h3-7,10-11,13-15,27H,8-9H2,1-2H3,(H2,23,24,25,28,29)/t13-,14+,15+/m0/s1. The number of nitrogens with one attached hydrogen (secondary N) is 2. The van der Waals surface area contributed by atoms with Crippen LogP contribution in [-0.2, 0) is 14.3 Å². The van der Waals surface area contributed by atoms with Gasteiger partial charge in [-0.05, 0) is 12.1 Å². The van der Waals surface area contributed by atoms with Gasteiger partial charge in [0.2, 0.25) is 11.9 Å². The first kappa shape index (κ1) is 21.7. The van der Waals surface area contributed by atoms with Crippen molar-refractivity contribution in [2.24, 2.45) is 5.92 Å². The van der Waals surface area contributed by atoms with Crippen LogP contribution in [0.4, 0.5) is 5.95 Å². The lowest BCUT2D eigenvalue weighted by Gasteiger charge is -2.16. The number of H-pyrrole nitrogens is 1. The number of aromatic nitrogens is 4. The Morgan fingerprint density at radius 1 is 1.34 bits per heavy atom. The molecule has 0 bridgehead atoms. The molecule has 1 saturated heterocycles. The molecule has 0 spiro atoms. The Hall–Kier alpha value is -3.57. The summed E-state index contributed by atoms with van der Waals surface area (Å²) in [5.41, 5.74) is 0.160. The number of carbonyl (C=O) groups excluding carboxylic acids is 2. The lowest BCUT2D eigenvalue weighted by molar-refractivity contribution is -0.118. The molecule has 168 valence electrons. The van der Waals surface area contributed by atoms with Gasteiger partial charge in [-0.15, -0.1) is 0 Å². The summed E-state index contributed by atoms with van der Waals surface area (Å²) in [7, 11) is 0. The fraction of sp³-hybridized carbons (Fsp3) is 0.381. The van der Waals surface area contributed by atoms with E-state index in [-0.39, 0.29) is 42.0 Å². The smallest absolute Gasteiger partial charge is 0.338 e. The molecule has 2 aromatic heterocycles. The molecule has 1 aliphatic heterocycles. The van der Waals surface area contributed by atoms with Crippen LogP contribution in [0.1, 0.15) is 36.9 Å². The molecule has 1 fully saturated rings. The summed E-state index contributed by atoms with van der Waals surface area (Å²) in [4.78, 5) is 47.3. The van der Waals surface area contributed by atoms with Gasteiger partial charge in [0.15, 0.2) is 11.2 Å². The van der Waals surface area contributed by atoms with Crippen molar-refractivity contribution in [3.63, 3.8) is 0 Å². The van der Waals surface area contributed by atoms with Crippen LogP contribution in [0.3, 0.4) is 0 Å².